The fourth-order valence-corrected chi connectivity index (χ4v) is 2.79. The number of amides is 1. The van der Waals surface area contributed by atoms with Gasteiger partial charge in [0.05, 0.1) is 0 Å². The topological polar surface area (TPSA) is 23.6 Å². The van der Waals surface area contributed by atoms with Gasteiger partial charge >= 0.3 is 0 Å². The van der Waals surface area contributed by atoms with Crippen LogP contribution in [0.1, 0.15) is 23.2 Å². The van der Waals surface area contributed by atoms with Crippen LogP contribution in [-0.4, -0.2) is 26.0 Å². The molecule has 4 heteroatoms. The molecule has 0 saturated carbocycles. The fourth-order valence-electron chi connectivity index (χ4n) is 2.79. The number of benzene rings is 2. The standard InChI is InChI=1S/C18H19FN2O/c1-20(18(22)14-5-4-6-15(19)13-14)16-7-9-17(10-8-16)21-11-2-3-12-21/h4-10,13H,2-3,11-12H2,1H3. The van der Waals surface area contributed by atoms with Gasteiger partial charge in [0, 0.05) is 37.1 Å². The van der Waals surface area contributed by atoms with E-state index in [1.165, 1.54) is 30.7 Å². The smallest absolute Gasteiger partial charge is 0.258 e. The summed E-state index contributed by atoms with van der Waals surface area (Å²) in [6.07, 6.45) is 2.47. The van der Waals surface area contributed by atoms with Crippen molar-refractivity contribution < 1.29 is 9.18 Å². The minimum absolute atomic E-state index is 0.214. The molecular weight excluding hydrogens is 279 g/mol. The molecule has 2 aromatic rings. The lowest BCUT2D eigenvalue weighted by Crippen LogP contribution is -2.26. The van der Waals surface area contributed by atoms with Crippen LogP contribution in [0.2, 0.25) is 0 Å². The van der Waals surface area contributed by atoms with Crippen LogP contribution in [0, 0.1) is 5.82 Å². The van der Waals surface area contributed by atoms with Gasteiger partial charge in [0.25, 0.3) is 5.91 Å². The fraction of sp³-hybridized carbons (Fsp3) is 0.278. The van der Waals surface area contributed by atoms with E-state index in [2.05, 4.69) is 4.90 Å². The Morgan fingerprint density at radius 3 is 2.41 bits per heavy atom. The lowest BCUT2D eigenvalue weighted by atomic mass is 10.1. The second-order valence-corrected chi connectivity index (χ2v) is 5.59. The summed E-state index contributed by atoms with van der Waals surface area (Å²) in [5.74, 6) is -0.614. The minimum atomic E-state index is -0.399. The van der Waals surface area contributed by atoms with Crippen LogP contribution in [-0.2, 0) is 0 Å². The third-order valence-electron chi connectivity index (χ3n) is 4.08. The van der Waals surface area contributed by atoms with Gasteiger partial charge in [-0.1, -0.05) is 6.07 Å². The van der Waals surface area contributed by atoms with Crippen molar-refractivity contribution in [3.05, 3.63) is 59.9 Å². The van der Waals surface area contributed by atoms with E-state index in [0.29, 0.717) is 5.56 Å². The van der Waals surface area contributed by atoms with Crippen LogP contribution in [0.25, 0.3) is 0 Å². The molecule has 22 heavy (non-hydrogen) atoms. The van der Waals surface area contributed by atoms with E-state index in [4.69, 9.17) is 0 Å². The van der Waals surface area contributed by atoms with Crippen LogP contribution in [0.5, 0.6) is 0 Å². The number of hydrogen-bond donors (Lipinski definition) is 0. The highest BCUT2D eigenvalue weighted by Gasteiger charge is 2.16. The highest BCUT2D eigenvalue weighted by Crippen LogP contribution is 2.24. The Morgan fingerprint density at radius 1 is 1.09 bits per heavy atom. The largest absolute Gasteiger partial charge is 0.372 e. The van der Waals surface area contributed by atoms with Crippen molar-refractivity contribution in [3.63, 3.8) is 0 Å². The molecule has 0 atom stereocenters. The Hall–Kier alpha value is -2.36. The molecule has 1 aliphatic heterocycles. The minimum Gasteiger partial charge on any atom is -0.372 e. The molecule has 0 bridgehead atoms. The summed E-state index contributed by atoms with van der Waals surface area (Å²) in [5, 5.41) is 0. The van der Waals surface area contributed by atoms with Crippen LogP contribution in [0.3, 0.4) is 0 Å². The lowest BCUT2D eigenvalue weighted by molar-refractivity contribution is 0.0992. The number of halogens is 1. The third kappa shape index (κ3) is 2.96. The molecule has 0 unspecified atom stereocenters. The Morgan fingerprint density at radius 2 is 1.77 bits per heavy atom. The van der Waals surface area contributed by atoms with Gasteiger partial charge in [0.1, 0.15) is 5.82 Å². The molecule has 3 rings (SSSR count). The molecule has 1 saturated heterocycles. The number of carbonyl (C=O) groups is 1. The maximum atomic E-state index is 13.2. The average molecular weight is 298 g/mol. The molecule has 114 valence electrons. The second kappa shape index (κ2) is 6.18. The number of carbonyl (C=O) groups excluding carboxylic acids is 1. The summed E-state index contributed by atoms with van der Waals surface area (Å²) in [4.78, 5) is 16.3. The first-order valence-corrected chi connectivity index (χ1v) is 7.54. The number of hydrogen-bond acceptors (Lipinski definition) is 2. The lowest BCUT2D eigenvalue weighted by Gasteiger charge is -2.21. The zero-order valence-electron chi connectivity index (χ0n) is 12.6. The third-order valence-corrected chi connectivity index (χ3v) is 4.08. The van der Waals surface area contributed by atoms with Crippen molar-refractivity contribution in [2.75, 3.05) is 29.9 Å². The summed E-state index contributed by atoms with van der Waals surface area (Å²) in [6.45, 7) is 2.19. The molecule has 3 nitrogen and oxygen atoms in total. The molecule has 1 aliphatic rings. The molecule has 1 fully saturated rings. The zero-order chi connectivity index (χ0) is 15.5. The van der Waals surface area contributed by atoms with Crippen molar-refractivity contribution in [1.82, 2.24) is 0 Å². The van der Waals surface area contributed by atoms with E-state index in [1.54, 1.807) is 24.1 Å². The SMILES string of the molecule is CN(C(=O)c1cccc(F)c1)c1ccc(N2CCCC2)cc1. The first-order valence-electron chi connectivity index (χ1n) is 7.54. The van der Waals surface area contributed by atoms with Gasteiger partial charge in [0.2, 0.25) is 0 Å². The van der Waals surface area contributed by atoms with E-state index in [-0.39, 0.29) is 5.91 Å². The van der Waals surface area contributed by atoms with Gasteiger partial charge in [0.15, 0.2) is 0 Å². The normalized spacial score (nSPS) is 14.2. The molecule has 0 radical (unpaired) electrons. The Balaban J connectivity index is 1.76. The van der Waals surface area contributed by atoms with Crippen molar-refractivity contribution in [1.29, 1.82) is 0 Å². The van der Waals surface area contributed by atoms with Gasteiger partial charge in [-0.05, 0) is 55.3 Å². The van der Waals surface area contributed by atoms with Gasteiger partial charge in [-0.25, -0.2) is 4.39 Å². The predicted molar refractivity (Wildman–Crippen MR) is 87.0 cm³/mol. The maximum absolute atomic E-state index is 13.2. The van der Waals surface area contributed by atoms with Crippen molar-refractivity contribution in [3.8, 4) is 0 Å². The second-order valence-electron chi connectivity index (χ2n) is 5.59. The maximum Gasteiger partial charge on any atom is 0.258 e. The van der Waals surface area contributed by atoms with Crippen LogP contribution >= 0.6 is 0 Å². The summed E-state index contributed by atoms with van der Waals surface area (Å²) < 4.78 is 13.2. The molecule has 2 aromatic carbocycles. The Kier molecular flexibility index (Phi) is 4.09. The predicted octanol–water partition coefficient (Wildman–Crippen LogP) is 3.70. The molecule has 0 N–H and O–H groups in total. The molecular formula is C18H19FN2O. The molecule has 1 amide bonds. The van der Waals surface area contributed by atoms with Gasteiger partial charge in [-0.2, -0.15) is 0 Å². The van der Waals surface area contributed by atoms with E-state index in [1.807, 2.05) is 24.3 Å². The van der Waals surface area contributed by atoms with E-state index >= 15 is 0 Å². The zero-order valence-corrected chi connectivity index (χ0v) is 12.6. The van der Waals surface area contributed by atoms with Crippen LogP contribution in [0.15, 0.2) is 48.5 Å². The van der Waals surface area contributed by atoms with Gasteiger partial charge in [-0.3, -0.25) is 4.79 Å². The Bertz CT molecular complexity index is 663. The molecule has 0 aliphatic carbocycles. The average Bonchev–Trinajstić information content (AvgIpc) is 3.08. The number of nitrogens with zero attached hydrogens (tertiary/aromatic N) is 2. The van der Waals surface area contributed by atoms with Crippen molar-refractivity contribution in [2.24, 2.45) is 0 Å². The number of anilines is 2. The quantitative estimate of drug-likeness (QED) is 0.862. The summed E-state index contributed by atoms with van der Waals surface area (Å²) >= 11 is 0. The van der Waals surface area contributed by atoms with E-state index in [0.717, 1.165) is 18.8 Å². The van der Waals surface area contributed by atoms with Crippen LogP contribution in [0.4, 0.5) is 15.8 Å². The molecule has 0 aromatic heterocycles. The highest BCUT2D eigenvalue weighted by molar-refractivity contribution is 6.05. The summed E-state index contributed by atoms with van der Waals surface area (Å²) in [5.41, 5.74) is 2.34. The summed E-state index contributed by atoms with van der Waals surface area (Å²) in [7, 11) is 1.71. The van der Waals surface area contributed by atoms with Crippen molar-refractivity contribution in [2.45, 2.75) is 12.8 Å². The van der Waals surface area contributed by atoms with Crippen LogP contribution < -0.4 is 9.80 Å². The van der Waals surface area contributed by atoms with E-state index < -0.39 is 5.82 Å². The van der Waals surface area contributed by atoms with E-state index in [9.17, 15) is 9.18 Å². The van der Waals surface area contributed by atoms with Gasteiger partial charge in [-0.15, -0.1) is 0 Å². The van der Waals surface area contributed by atoms with Crippen molar-refractivity contribution >= 4 is 17.3 Å². The number of rotatable bonds is 3. The monoisotopic (exact) mass is 298 g/mol. The first kappa shape index (κ1) is 14.6. The summed E-state index contributed by atoms with van der Waals surface area (Å²) in [6, 6.07) is 13.7. The van der Waals surface area contributed by atoms with Gasteiger partial charge < -0.3 is 9.80 Å². The highest BCUT2D eigenvalue weighted by atomic mass is 19.1. The Labute approximate surface area is 130 Å². The first-order chi connectivity index (χ1) is 10.6. The molecule has 1 heterocycles. The molecule has 0 spiro atoms.